The number of ether oxygens (including phenoxy) is 2. The minimum atomic E-state index is -0.870. The number of halogens is 1. The summed E-state index contributed by atoms with van der Waals surface area (Å²) in [4.78, 5) is 0. The first-order valence-electron chi connectivity index (χ1n) is 8.00. The quantitative estimate of drug-likeness (QED) is 0.773. The van der Waals surface area contributed by atoms with E-state index in [0.717, 1.165) is 12.8 Å². The highest BCUT2D eigenvalue weighted by atomic mass is 35.5. The zero-order valence-electron chi connectivity index (χ0n) is 12.6. The largest absolute Gasteiger partial charge is 0.392 e. The SMILES string of the molecule is OC(C#CC1CC2C(CC23OCCO3)C1O)c1ccc(Cl)cc1. The van der Waals surface area contributed by atoms with E-state index in [1.54, 1.807) is 24.3 Å². The molecule has 3 aliphatic rings. The maximum Gasteiger partial charge on any atom is 0.172 e. The zero-order chi connectivity index (χ0) is 16.0. The molecule has 5 atom stereocenters. The van der Waals surface area contributed by atoms with Crippen LogP contribution in [0.1, 0.15) is 24.5 Å². The highest BCUT2D eigenvalue weighted by Gasteiger charge is 2.64. The first-order chi connectivity index (χ1) is 11.1. The minimum Gasteiger partial charge on any atom is -0.392 e. The average Bonchev–Trinajstić information content (AvgIpc) is 3.12. The monoisotopic (exact) mass is 334 g/mol. The number of aliphatic hydroxyl groups is 2. The van der Waals surface area contributed by atoms with Crippen molar-refractivity contribution in [1.29, 1.82) is 0 Å². The van der Waals surface area contributed by atoms with Gasteiger partial charge in [-0.15, -0.1) is 0 Å². The maximum atomic E-state index is 10.4. The van der Waals surface area contributed by atoms with Crippen molar-refractivity contribution in [3.63, 3.8) is 0 Å². The van der Waals surface area contributed by atoms with Crippen LogP contribution in [0, 0.1) is 29.6 Å². The molecule has 5 heteroatoms. The van der Waals surface area contributed by atoms with Gasteiger partial charge < -0.3 is 19.7 Å². The highest BCUT2D eigenvalue weighted by Crippen LogP contribution is 2.58. The van der Waals surface area contributed by atoms with Gasteiger partial charge in [0.25, 0.3) is 0 Å². The van der Waals surface area contributed by atoms with Gasteiger partial charge in [-0.1, -0.05) is 35.6 Å². The lowest BCUT2D eigenvalue weighted by Crippen LogP contribution is -2.54. The second-order valence-electron chi connectivity index (χ2n) is 6.56. The summed E-state index contributed by atoms with van der Waals surface area (Å²) in [7, 11) is 0. The van der Waals surface area contributed by atoms with E-state index in [1.165, 1.54) is 0 Å². The fourth-order valence-corrected chi connectivity index (χ4v) is 4.20. The summed E-state index contributed by atoms with van der Waals surface area (Å²) in [5.74, 6) is 5.71. The Morgan fingerprint density at radius 3 is 2.61 bits per heavy atom. The van der Waals surface area contributed by atoms with E-state index < -0.39 is 18.0 Å². The molecule has 0 amide bonds. The second-order valence-corrected chi connectivity index (χ2v) is 7.00. The van der Waals surface area contributed by atoms with Crippen LogP contribution in [0.25, 0.3) is 0 Å². The summed E-state index contributed by atoms with van der Waals surface area (Å²) in [5.41, 5.74) is 0.705. The van der Waals surface area contributed by atoms with E-state index >= 15 is 0 Å². The Kier molecular flexibility index (Phi) is 3.87. The molecule has 4 nitrogen and oxygen atoms in total. The van der Waals surface area contributed by atoms with Gasteiger partial charge in [-0.25, -0.2) is 0 Å². The summed E-state index contributed by atoms with van der Waals surface area (Å²) in [5, 5.41) is 21.2. The fourth-order valence-electron chi connectivity index (χ4n) is 4.07. The highest BCUT2D eigenvalue weighted by molar-refractivity contribution is 6.30. The van der Waals surface area contributed by atoms with Gasteiger partial charge in [-0.3, -0.25) is 0 Å². The predicted octanol–water partition coefficient (Wildman–Crippen LogP) is 2.14. The molecule has 122 valence electrons. The van der Waals surface area contributed by atoms with Crippen molar-refractivity contribution in [2.45, 2.75) is 30.8 Å². The molecule has 2 aliphatic carbocycles. The maximum absolute atomic E-state index is 10.4. The molecule has 1 spiro atoms. The van der Waals surface area contributed by atoms with Gasteiger partial charge in [0.05, 0.1) is 19.3 Å². The molecule has 1 heterocycles. The van der Waals surface area contributed by atoms with E-state index in [1.807, 2.05) is 0 Å². The predicted molar refractivity (Wildman–Crippen MR) is 84.5 cm³/mol. The second kappa shape index (κ2) is 5.77. The molecule has 1 aromatic carbocycles. The van der Waals surface area contributed by atoms with Crippen molar-refractivity contribution >= 4 is 11.6 Å². The van der Waals surface area contributed by atoms with Gasteiger partial charge in [-0.05, 0) is 30.0 Å². The lowest BCUT2D eigenvalue weighted by molar-refractivity contribution is -0.275. The Balaban J connectivity index is 1.45. The number of fused-ring (bicyclic) bond motifs is 2. The van der Waals surface area contributed by atoms with Gasteiger partial charge in [0.2, 0.25) is 0 Å². The van der Waals surface area contributed by atoms with Crippen molar-refractivity contribution in [2.24, 2.45) is 17.8 Å². The third-order valence-corrected chi connectivity index (χ3v) is 5.58. The van der Waals surface area contributed by atoms with Gasteiger partial charge in [-0.2, -0.15) is 0 Å². The van der Waals surface area contributed by atoms with E-state index in [0.29, 0.717) is 23.8 Å². The number of benzene rings is 1. The van der Waals surface area contributed by atoms with Crippen LogP contribution in [0.3, 0.4) is 0 Å². The molecule has 0 bridgehead atoms. The summed E-state index contributed by atoms with van der Waals surface area (Å²) in [6, 6.07) is 6.97. The van der Waals surface area contributed by atoms with Crippen LogP contribution >= 0.6 is 11.6 Å². The molecular formula is C18H19ClO4. The van der Waals surface area contributed by atoms with Crippen LogP contribution in [0.15, 0.2) is 24.3 Å². The van der Waals surface area contributed by atoms with Crippen molar-refractivity contribution in [3.8, 4) is 11.8 Å². The van der Waals surface area contributed by atoms with Crippen LogP contribution in [0.2, 0.25) is 5.02 Å². The molecule has 23 heavy (non-hydrogen) atoms. The third kappa shape index (κ3) is 2.57. The number of rotatable bonds is 1. The first-order valence-corrected chi connectivity index (χ1v) is 8.37. The summed E-state index contributed by atoms with van der Waals surface area (Å²) >= 11 is 5.84. The molecular weight excluding hydrogens is 316 g/mol. The van der Waals surface area contributed by atoms with Crippen molar-refractivity contribution < 1.29 is 19.7 Å². The molecule has 3 fully saturated rings. The van der Waals surface area contributed by atoms with Crippen LogP contribution in [0.5, 0.6) is 0 Å². The van der Waals surface area contributed by atoms with E-state index in [4.69, 9.17) is 21.1 Å². The topological polar surface area (TPSA) is 58.9 Å². The number of aliphatic hydroxyl groups excluding tert-OH is 2. The van der Waals surface area contributed by atoms with Crippen molar-refractivity contribution in [3.05, 3.63) is 34.9 Å². The Morgan fingerprint density at radius 2 is 1.91 bits per heavy atom. The fraction of sp³-hybridized carbons (Fsp3) is 0.556. The molecule has 2 N–H and O–H groups in total. The lowest BCUT2D eigenvalue weighted by Gasteiger charge is -2.48. The molecule has 0 aromatic heterocycles. The summed E-state index contributed by atoms with van der Waals surface area (Å²) < 4.78 is 11.5. The molecule has 1 aromatic rings. The van der Waals surface area contributed by atoms with E-state index in [9.17, 15) is 10.2 Å². The molecule has 1 saturated heterocycles. The molecule has 2 saturated carbocycles. The standard InChI is InChI=1S/C18H19ClO4/c19-13-4-1-11(2-5-13)16(20)6-3-12-9-15-14(17(12)21)10-18(15)22-7-8-23-18/h1-2,4-5,12,14-17,20-21H,7-10H2. The first kappa shape index (κ1) is 15.4. The summed E-state index contributed by atoms with van der Waals surface area (Å²) in [6.45, 7) is 1.26. The van der Waals surface area contributed by atoms with Gasteiger partial charge in [0, 0.05) is 23.3 Å². The summed E-state index contributed by atoms with van der Waals surface area (Å²) in [6.07, 6.45) is 0.164. The van der Waals surface area contributed by atoms with Gasteiger partial charge in [0.15, 0.2) is 5.79 Å². The third-order valence-electron chi connectivity index (χ3n) is 5.33. The van der Waals surface area contributed by atoms with Gasteiger partial charge in [0.1, 0.15) is 6.10 Å². The Labute approximate surface area is 140 Å². The normalized spacial score (nSPS) is 35.3. The Bertz CT molecular complexity index is 641. The Hall–Kier alpha value is -1.09. The Morgan fingerprint density at radius 1 is 1.22 bits per heavy atom. The van der Waals surface area contributed by atoms with Crippen molar-refractivity contribution in [1.82, 2.24) is 0 Å². The smallest absolute Gasteiger partial charge is 0.172 e. The zero-order valence-corrected chi connectivity index (χ0v) is 13.4. The van der Waals surface area contributed by atoms with Crippen LogP contribution in [-0.2, 0) is 9.47 Å². The molecule has 4 rings (SSSR count). The minimum absolute atomic E-state index is 0.140. The number of hydrogen-bond donors (Lipinski definition) is 2. The lowest BCUT2D eigenvalue weighted by atomic mass is 9.69. The molecule has 1 aliphatic heterocycles. The van der Waals surface area contributed by atoms with E-state index in [-0.39, 0.29) is 17.8 Å². The van der Waals surface area contributed by atoms with Crippen molar-refractivity contribution in [2.75, 3.05) is 13.2 Å². The molecule has 5 unspecified atom stereocenters. The van der Waals surface area contributed by atoms with Crippen LogP contribution < -0.4 is 0 Å². The van der Waals surface area contributed by atoms with Crippen LogP contribution in [-0.4, -0.2) is 35.3 Å². The average molecular weight is 335 g/mol. The number of hydrogen-bond acceptors (Lipinski definition) is 4. The van der Waals surface area contributed by atoms with Gasteiger partial charge >= 0.3 is 0 Å². The van der Waals surface area contributed by atoms with Crippen LogP contribution in [0.4, 0.5) is 0 Å². The van der Waals surface area contributed by atoms with E-state index in [2.05, 4.69) is 11.8 Å². The molecule has 0 radical (unpaired) electrons.